The van der Waals surface area contributed by atoms with Crippen molar-refractivity contribution in [1.82, 2.24) is 15.2 Å². The molecule has 1 saturated heterocycles. The Labute approximate surface area is 276 Å². The second-order valence-corrected chi connectivity index (χ2v) is 12.6. The van der Waals surface area contributed by atoms with Gasteiger partial charge in [-0.25, -0.2) is 14.2 Å². The van der Waals surface area contributed by atoms with Crippen molar-refractivity contribution < 1.29 is 38.8 Å². The predicted octanol–water partition coefficient (Wildman–Crippen LogP) is 0.0159. The molecule has 1 fully saturated rings. The molecule has 0 aliphatic carbocycles. The molecule has 16 nitrogen and oxygen atoms in total. The van der Waals surface area contributed by atoms with E-state index in [-0.39, 0.29) is 21.4 Å². The number of nitrogens with zero attached hydrogens (tertiary/aromatic N) is 4. The number of amides is 2. The van der Waals surface area contributed by atoms with E-state index < -0.39 is 47.0 Å². The number of nitrogens with one attached hydrogen (secondary N) is 2. The van der Waals surface area contributed by atoms with Gasteiger partial charge in [-0.2, -0.15) is 0 Å². The van der Waals surface area contributed by atoms with Crippen LogP contribution in [-0.4, -0.2) is 85.9 Å². The van der Waals surface area contributed by atoms with Crippen LogP contribution < -0.4 is 32.4 Å². The Balaban J connectivity index is 1.52. The average Bonchev–Trinajstić information content (AvgIpc) is 3.18. The van der Waals surface area contributed by atoms with Gasteiger partial charge in [-0.3, -0.25) is 14.5 Å². The van der Waals surface area contributed by atoms with E-state index in [1.54, 1.807) is 22.9 Å². The number of nitrogen functional groups attached to an aromatic ring is 1. The molecule has 4 heterocycles. The smallest absolute Gasteiger partial charge is 0.352 e. The minimum Gasteiger partial charge on any atom is -0.478 e. The molecular weight excluding hydrogens is 662 g/mol. The van der Waals surface area contributed by atoms with Gasteiger partial charge in [-0.1, -0.05) is 46.7 Å². The predicted molar refractivity (Wildman–Crippen MR) is 173 cm³/mol. The molecule has 0 saturated carbocycles. The summed E-state index contributed by atoms with van der Waals surface area (Å²) in [5.41, 5.74) is 17.7. The van der Waals surface area contributed by atoms with Gasteiger partial charge in [0.1, 0.15) is 35.5 Å². The normalized spacial score (nSPS) is 20.5. The molecule has 244 valence electrons. The summed E-state index contributed by atoms with van der Waals surface area (Å²) in [4.78, 5) is 60.5. The molecule has 0 aromatic carbocycles. The highest BCUT2D eigenvalue weighted by atomic mass is 35.5. The van der Waals surface area contributed by atoms with Crippen molar-refractivity contribution in [2.24, 2.45) is 16.6 Å². The molecule has 4 rings (SSSR count). The maximum Gasteiger partial charge on any atom is 0.352 e. The van der Waals surface area contributed by atoms with Crippen molar-refractivity contribution in [3.8, 4) is 0 Å². The zero-order chi connectivity index (χ0) is 33.5. The first-order valence-electron chi connectivity index (χ1n) is 13.6. The molecule has 0 spiro atoms. The van der Waals surface area contributed by atoms with Gasteiger partial charge < -0.3 is 42.9 Å². The van der Waals surface area contributed by atoms with Gasteiger partial charge in [-0.05, 0) is 29.6 Å². The number of fused-ring (bicyclic) bond motifs is 1. The number of hydrogen-bond donors (Lipinski definition) is 7. The van der Waals surface area contributed by atoms with Crippen LogP contribution in [0.1, 0.15) is 6.92 Å². The second kappa shape index (κ2) is 15.2. The van der Waals surface area contributed by atoms with Crippen LogP contribution in [-0.2, 0) is 30.6 Å². The quantitative estimate of drug-likeness (QED) is 0.0623. The molecule has 46 heavy (non-hydrogen) atoms. The minimum absolute atomic E-state index is 0.0556. The maximum absolute atomic E-state index is 13.4. The van der Waals surface area contributed by atoms with E-state index in [9.17, 15) is 29.4 Å². The van der Waals surface area contributed by atoms with Gasteiger partial charge in [0, 0.05) is 24.4 Å². The molecule has 3 aliphatic heterocycles. The summed E-state index contributed by atoms with van der Waals surface area (Å²) in [6.45, 7) is 2.46. The molecule has 3 aliphatic rings. The Bertz CT molecular complexity index is 1630. The number of carboxylic acids is 2. The molecule has 2 amide bonds. The van der Waals surface area contributed by atoms with Crippen LogP contribution in [0.15, 0.2) is 74.3 Å². The monoisotopic (exact) mass is 692 g/mol. The van der Waals surface area contributed by atoms with Crippen LogP contribution in [0.3, 0.4) is 0 Å². The Morgan fingerprint density at radius 1 is 1.35 bits per heavy atom. The van der Waals surface area contributed by atoms with Gasteiger partial charge in [0.25, 0.3) is 24.0 Å². The van der Waals surface area contributed by atoms with Gasteiger partial charge >= 0.3 is 11.9 Å². The fourth-order valence-electron chi connectivity index (χ4n) is 4.27. The van der Waals surface area contributed by atoms with Crippen molar-refractivity contribution in [3.63, 3.8) is 0 Å². The Kier molecular flexibility index (Phi) is 11.3. The molecule has 10 N–H and O–H groups in total. The molecule has 1 unspecified atom stereocenters. The van der Waals surface area contributed by atoms with Crippen molar-refractivity contribution in [2.45, 2.75) is 31.0 Å². The third-order valence-corrected chi connectivity index (χ3v) is 9.07. The van der Waals surface area contributed by atoms with Crippen LogP contribution in [0.4, 0.5) is 11.5 Å². The number of anilines is 2. The number of hydrogen-bond acceptors (Lipinski definition) is 13. The highest BCUT2D eigenvalue weighted by molar-refractivity contribution is 8.08. The molecule has 1 aromatic heterocycles. The third-order valence-electron chi connectivity index (χ3n) is 6.56. The summed E-state index contributed by atoms with van der Waals surface area (Å²) in [6.07, 6.45) is 9.72. The fourth-order valence-corrected chi connectivity index (χ4v) is 6.64. The van der Waals surface area contributed by atoms with Gasteiger partial charge in [-0.15, -0.1) is 11.8 Å². The lowest BCUT2D eigenvalue weighted by Gasteiger charge is -2.49. The van der Waals surface area contributed by atoms with Crippen LogP contribution in [0.2, 0.25) is 0 Å². The van der Waals surface area contributed by atoms with Crippen molar-refractivity contribution in [3.05, 3.63) is 69.1 Å². The number of halogens is 1. The largest absolute Gasteiger partial charge is 0.478 e. The molecule has 0 bridgehead atoms. The van der Waals surface area contributed by atoms with Crippen LogP contribution in [0, 0.1) is 0 Å². The Hall–Kier alpha value is -4.52. The van der Waals surface area contributed by atoms with Crippen molar-refractivity contribution in [1.29, 1.82) is 0 Å². The lowest BCUT2D eigenvalue weighted by atomic mass is 10.0. The fraction of sp³-hybridized carbons (Fsp3) is 0.296. The molecule has 1 aromatic rings. The minimum atomic E-state index is -1.40. The zero-order valence-corrected chi connectivity index (χ0v) is 26.6. The first kappa shape index (κ1) is 34.4. The van der Waals surface area contributed by atoms with Crippen LogP contribution in [0.5, 0.6) is 0 Å². The number of carbonyl (C=O) groups excluding carboxylic acids is 2. The first-order valence-corrected chi connectivity index (χ1v) is 15.8. The number of carboxylic acid groups (broad SMARTS) is 2. The third kappa shape index (κ3) is 7.82. The molecule has 19 heteroatoms. The summed E-state index contributed by atoms with van der Waals surface area (Å²) in [5, 5.41) is 28.2. The highest BCUT2D eigenvalue weighted by Gasteiger charge is 2.54. The average molecular weight is 693 g/mol. The highest BCUT2D eigenvalue weighted by Crippen LogP contribution is 2.41. The van der Waals surface area contributed by atoms with E-state index in [0.29, 0.717) is 41.7 Å². The number of rotatable bonds is 13. The number of β-lactam (4-membered cyclic amide) rings is 1. The number of nitrogens with two attached hydrogens (primary N) is 3. The standard InChI is InChI=1S/C27H30ClN9O7S2/c1-13(26(40)41)44-35-18(15-5-2-6-17(30)46-21(15)28)23(38)34-19-24(39)37-20(27(42)43)14(11-45-25(19)37)4-3-9-36-10-16(32-8-7-29)22(31)33-12-36/h2-6,10,12-13,19,25,31-32H,7-9,11,29-30H2,1H3,(H3,34,38,40,41,42,43)/p+1/b4-3+,35-18-/t13-,19+,25?/m0/s1. The van der Waals surface area contributed by atoms with Gasteiger partial charge in [0.05, 0.1) is 9.39 Å². The molecule has 3 atom stereocenters. The van der Waals surface area contributed by atoms with Gasteiger partial charge in [0.2, 0.25) is 6.10 Å². The summed E-state index contributed by atoms with van der Waals surface area (Å²) >= 11 is 8.57. The summed E-state index contributed by atoms with van der Waals surface area (Å²) in [7, 11) is 0. The van der Waals surface area contributed by atoms with Crippen molar-refractivity contribution in [2.75, 3.05) is 29.9 Å². The first-order chi connectivity index (χ1) is 21.9. The van der Waals surface area contributed by atoms with E-state index in [1.165, 1.54) is 43.2 Å². The van der Waals surface area contributed by atoms with Crippen LogP contribution >= 0.6 is 35.1 Å². The summed E-state index contributed by atoms with van der Waals surface area (Å²) in [6, 6.07) is -1.11. The van der Waals surface area contributed by atoms with E-state index >= 15 is 0 Å². The lowest BCUT2D eigenvalue weighted by Crippen LogP contribution is -2.71. The number of carbonyl (C=O) groups is 4. The van der Waals surface area contributed by atoms with E-state index in [4.69, 9.17) is 33.6 Å². The zero-order valence-electron chi connectivity index (χ0n) is 24.3. The summed E-state index contributed by atoms with van der Waals surface area (Å²) < 4.78 is 1.79. The molecule has 0 radical (unpaired) electrons. The Morgan fingerprint density at radius 3 is 2.80 bits per heavy atom. The number of thioether (sulfide) groups is 2. The van der Waals surface area contributed by atoms with E-state index in [2.05, 4.69) is 20.8 Å². The van der Waals surface area contributed by atoms with Crippen LogP contribution in [0.25, 0.3) is 0 Å². The summed E-state index contributed by atoms with van der Waals surface area (Å²) in [5.74, 6) is -3.64. The van der Waals surface area contributed by atoms with Gasteiger partial charge in [0.15, 0.2) is 5.71 Å². The van der Waals surface area contributed by atoms with E-state index in [1.807, 2.05) is 0 Å². The van der Waals surface area contributed by atoms with E-state index in [0.717, 1.165) is 16.7 Å². The second-order valence-electron chi connectivity index (χ2n) is 9.77. The maximum atomic E-state index is 13.4. The SMILES string of the molecule is C[C@H](O/N=C(\C(=O)N[C@@H]1C(=O)N2C(C(=O)O)=C(/C=C/C[n+]3cnc(N)c(NCCN)c3)CSC12)C1=C(Cl)SC(N)=CC=C1)C(=O)O. The number of allylic oxidation sites excluding steroid dienone is 5. The topological polar surface area (TPSA) is 252 Å². The lowest BCUT2D eigenvalue weighted by molar-refractivity contribution is -0.689. The molecular formula is C27H31ClN9O7S2+. The number of oxime groups is 1. The number of aromatic nitrogens is 2. The van der Waals surface area contributed by atoms with Crippen molar-refractivity contribution >= 4 is 76.1 Å². The number of aliphatic carboxylic acids is 2. The Morgan fingerprint density at radius 2 is 2.11 bits per heavy atom.